The highest BCUT2D eigenvalue weighted by Gasteiger charge is 2.32. The molecule has 14 heteroatoms. The van der Waals surface area contributed by atoms with Gasteiger partial charge in [0, 0.05) is 31.2 Å². The number of imidazole rings is 1. The van der Waals surface area contributed by atoms with E-state index >= 15 is 0 Å². The van der Waals surface area contributed by atoms with Crippen LogP contribution < -0.4 is 16.0 Å². The van der Waals surface area contributed by atoms with Crippen molar-refractivity contribution in [1.29, 1.82) is 0 Å². The Hall–Kier alpha value is -4.69. The predicted octanol–water partition coefficient (Wildman–Crippen LogP) is 6.76. The number of ether oxygens (including phenoxy) is 3. The van der Waals surface area contributed by atoms with Crippen molar-refractivity contribution in [1.82, 2.24) is 20.2 Å². The second kappa shape index (κ2) is 18.3. The van der Waals surface area contributed by atoms with Crippen LogP contribution >= 0.6 is 0 Å². The van der Waals surface area contributed by atoms with Crippen LogP contribution in [0.15, 0.2) is 85.8 Å². The van der Waals surface area contributed by atoms with E-state index in [0.717, 1.165) is 24.6 Å². The fourth-order valence-electron chi connectivity index (χ4n) is 4.28. The summed E-state index contributed by atoms with van der Waals surface area (Å²) in [6.07, 6.45) is -1.96. The van der Waals surface area contributed by atoms with E-state index in [1.807, 2.05) is 71.9 Å². The normalized spacial score (nSPS) is 12.9. The number of hydrogen-bond acceptors (Lipinski definition) is 8. The minimum absolute atomic E-state index is 0.00832. The molecule has 0 saturated carbocycles. The molecular formula is C36H47F4N5O5. The maximum atomic E-state index is 14.6. The number of nitrogens with zero attached hydrogens (tertiary/aromatic N) is 2. The van der Waals surface area contributed by atoms with Crippen molar-refractivity contribution in [3.63, 3.8) is 0 Å². The van der Waals surface area contributed by atoms with Gasteiger partial charge in [-0.15, -0.1) is 0 Å². The molecule has 0 radical (unpaired) electrons. The maximum absolute atomic E-state index is 14.6. The number of rotatable bonds is 16. The zero-order valence-electron chi connectivity index (χ0n) is 29.5. The number of nitrogens with one attached hydrogen (secondary N) is 3. The Bertz CT molecular complexity index is 1570. The van der Waals surface area contributed by atoms with E-state index in [1.165, 1.54) is 10.8 Å². The standard InChI is InChI=1S/C33H39F4N5O4.C3H8O/c1-21(32(6,7)41-22(2)46-31(3,4)5)39-27(19-45-18-23-11-9-8-10-12-23)30(44)40-29-16-42(20-38-29)28(17-43)25-14-13-24(15-26(25)34)33(35,36)37;1-3-4-2/h8-17,20,27-28,39,41H,1-2,18-19H2,3-7H3,(H,40,44);3H2,1-2H3. The predicted molar refractivity (Wildman–Crippen MR) is 183 cm³/mol. The Morgan fingerprint density at radius 1 is 1.06 bits per heavy atom. The van der Waals surface area contributed by atoms with Crippen LogP contribution in [0.2, 0.25) is 0 Å². The van der Waals surface area contributed by atoms with Gasteiger partial charge >= 0.3 is 6.18 Å². The molecule has 1 amide bonds. The number of aromatic nitrogens is 2. The summed E-state index contributed by atoms with van der Waals surface area (Å²) in [5, 5.41) is 8.89. The summed E-state index contributed by atoms with van der Waals surface area (Å²) >= 11 is 0. The fraction of sp³-hybridized carbons (Fsp3) is 0.417. The van der Waals surface area contributed by atoms with Crippen LogP contribution in [0, 0.1) is 5.82 Å². The van der Waals surface area contributed by atoms with Gasteiger partial charge in [0.1, 0.15) is 29.8 Å². The zero-order valence-corrected chi connectivity index (χ0v) is 29.5. The van der Waals surface area contributed by atoms with Crippen molar-refractivity contribution in [3.05, 3.63) is 108 Å². The van der Waals surface area contributed by atoms with E-state index in [0.29, 0.717) is 30.0 Å². The first kappa shape index (κ1) is 41.5. The molecular weight excluding hydrogens is 658 g/mol. The van der Waals surface area contributed by atoms with Crippen molar-refractivity contribution >= 4 is 18.0 Å². The number of aldehydes is 1. The Kier molecular flexibility index (Phi) is 15.2. The van der Waals surface area contributed by atoms with Crippen molar-refractivity contribution < 1.29 is 41.4 Å². The molecule has 0 bridgehead atoms. The smallest absolute Gasteiger partial charge is 0.416 e. The number of halogens is 4. The molecule has 1 aromatic heterocycles. The molecule has 1 heterocycles. The van der Waals surface area contributed by atoms with E-state index in [1.54, 1.807) is 7.11 Å². The second-order valence-corrected chi connectivity index (χ2v) is 12.7. The maximum Gasteiger partial charge on any atom is 0.416 e. The molecule has 2 unspecified atom stereocenters. The lowest BCUT2D eigenvalue weighted by molar-refractivity contribution is -0.137. The Labute approximate surface area is 290 Å². The highest BCUT2D eigenvalue weighted by atomic mass is 19.4. The summed E-state index contributed by atoms with van der Waals surface area (Å²) in [4.78, 5) is 29.5. The molecule has 3 N–H and O–H groups in total. The first-order valence-corrected chi connectivity index (χ1v) is 15.7. The lowest BCUT2D eigenvalue weighted by Gasteiger charge is -2.35. The molecule has 50 heavy (non-hydrogen) atoms. The number of hydrogen-bond donors (Lipinski definition) is 3. The number of alkyl halides is 3. The number of methoxy groups -OCH3 is 1. The molecule has 0 aliphatic rings. The average molecular weight is 706 g/mol. The lowest BCUT2D eigenvalue weighted by atomic mass is 10.0. The number of amides is 1. The molecule has 2 atom stereocenters. The van der Waals surface area contributed by atoms with Gasteiger partial charge in [-0.1, -0.05) is 43.0 Å². The summed E-state index contributed by atoms with van der Waals surface area (Å²) < 4.78 is 71.0. The molecule has 274 valence electrons. The SMILES string of the molecule is C=C(NC(C)(C)C(=C)NC(COCc1ccccc1)C(=O)Nc1cn(C(C=O)c2ccc(C(F)(F)F)cc2F)cn1)OC(C)(C)C.CCOC. The van der Waals surface area contributed by atoms with E-state index < -0.39 is 46.7 Å². The average Bonchev–Trinajstić information content (AvgIpc) is 3.48. The van der Waals surface area contributed by atoms with Gasteiger partial charge in [0.05, 0.1) is 30.6 Å². The number of carbonyl (C=O) groups excluding carboxylic acids is 2. The van der Waals surface area contributed by atoms with E-state index in [2.05, 4.69) is 38.8 Å². The van der Waals surface area contributed by atoms with E-state index in [4.69, 9.17) is 9.47 Å². The first-order valence-electron chi connectivity index (χ1n) is 15.7. The van der Waals surface area contributed by atoms with Crippen LogP contribution in [-0.2, 0) is 36.6 Å². The summed E-state index contributed by atoms with van der Waals surface area (Å²) in [5.41, 5.74) is -1.49. The highest BCUT2D eigenvalue weighted by Crippen LogP contribution is 2.32. The quantitative estimate of drug-likeness (QED) is 0.0851. The van der Waals surface area contributed by atoms with Crippen LogP contribution in [0.3, 0.4) is 0 Å². The van der Waals surface area contributed by atoms with Crippen molar-refractivity contribution in [2.24, 2.45) is 0 Å². The third kappa shape index (κ3) is 13.3. The van der Waals surface area contributed by atoms with E-state index in [-0.39, 0.29) is 24.6 Å². The van der Waals surface area contributed by atoms with Gasteiger partial charge in [-0.25, -0.2) is 9.37 Å². The summed E-state index contributed by atoms with van der Waals surface area (Å²) in [6, 6.07) is 8.95. The van der Waals surface area contributed by atoms with Crippen molar-refractivity contribution in [2.75, 3.05) is 25.6 Å². The minimum Gasteiger partial charge on any atom is -0.474 e. The van der Waals surface area contributed by atoms with Crippen molar-refractivity contribution in [2.45, 2.75) is 77.5 Å². The Morgan fingerprint density at radius 2 is 1.70 bits per heavy atom. The van der Waals surface area contributed by atoms with Crippen LogP contribution in [0.4, 0.5) is 23.4 Å². The molecule has 0 spiro atoms. The third-order valence-electron chi connectivity index (χ3n) is 6.93. The first-order chi connectivity index (χ1) is 23.3. The Morgan fingerprint density at radius 3 is 2.24 bits per heavy atom. The molecule has 3 aromatic rings. The lowest BCUT2D eigenvalue weighted by Crippen LogP contribution is -2.51. The summed E-state index contributed by atoms with van der Waals surface area (Å²) in [7, 11) is 1.68. The minimum atomic E-state index is -4.75. The molecule has 0 aliphatic heterocycles. The van der Waals surface area contributed by atoms with Crippen LogP contribution in [0.1, 0.15) is 64.3 Å². The molecule has 0 fully saturated rings. The highest BCUT2D eigenvalue weighted by molar-refractivity contribution is 5.94. The second-order valence-electron chi connectivity index (χ2n) is 12.7. The van der Waals surface area contributed by atoms with E-state index in [9.17, 15) is 27.2 Å². The largest absolute Gasteiger partial charge is 0.474 e. The summed E-state index contributed by atoms with van der Waals surface area (Å²) in [5.74, 6) is -1.46. The fourth-order valence-corrected chi connectivity index (χ4v) is 4.28. The third-order valence-corrected chi connectivity index (χ3v) is 6.93. The summed E-state index contributed by atoms with van der Waals surface area (Å²) in [6.45, 7) is 20.2. The zero-order chi connectivity index (χ0) is 37.7. The van der Waals surface area contributed by atoms with Crippen LogP contribution in [-0.4, -0.2) is 59.2 Å². The van der Waals surface area contributed by atoms with Crippen molar-refractivity contribution in [3.8, 4) is 0 Å². The monoisotopic (exact) mass is 705 g/mol. The van der Waals surface area contributed by atoms with Crippen LogP contribution in [0.25, 0.3) is 0 Å². The number of carbonyl (C=O) groups is 2. The molecule has 2 aromatic carbocycles. The molecule has 10 nitrogen and oxygen atoms in total. The molecule has 3 rings (SSSR count). The Balaban J connectivity index is 0.00000205. The number of anilines is 1. The van der Waals surface area contributed by atoms with Gasteiger partial charge in [-0.2, -0.15) is 13.2 Å². The van der Waals surface area contributed by atoms with Crippen LogP contribution in [0.5, 0.6) is 0 Å². The number of benzene rings is 2. The van der Waals surface area contributed by atoms with Gasteiger partial charge in [0.25, 0.3) is 0 Å². The van der Waals surface area contributed by atoms with Gasteiger partial charge in [0.15, 0.2) is 11.7 Å². The van der Waals surface area contributed by atoms with Gasteiger partial charge in [-0.05, 0) is 65.8 Å². The van der Waals surface area contributed by atoms with Gasteiger partial charge in [-0.3, -0.25) is 4.79 Å². The molecule has 0 aliphatic carbocycles. The topological polar surface area (TPSA) is 116 Å². The van der Waals surface area contributed by atoms with Gasteiger partial charge < -0.3 is 39.5 Å². The van der Waals surface area contributed by atoms with Gasteiger partial charge in [0.2, 0.25) is 5.91 Å². The molecule has 0 saturated heterocycles.